The standard InChI is InChI=1S/C8H16N2O3/c1-3-4-9-5-7(11)10(2)6-8(12)13/h9H,3-6H2,1-2H3,(H,12,13). The summed E-state index contributed by atoms with van der Waals surface area (Å²) in [7, 11) is 1.48. The van der Waals surface area contributed by atoms with Gasteiger partial charge >= 0.3 is 5.97 Å². The molecule has 0 fully saturated rings. The largest absolute Gasteiger partial charge is 0.480 e. The van der Waals surface area contributed by atoms with E-state index in [1.807, 2.05) is 6.92 Å². The minimum Gasteiger partial charge on any atom is -0.480 e. The molecule has 0 aromatic heterocycles. The highest BCUT2D eigenvalue weighted by atomic mass is 16.4. The van der Waals surface area contributed by atoms with Crippen LogP contribution in [0.5, 0.6) is 0 Å². The number of carbonyl (C=O) groups is 2. The maximum atomic E-state index is 11.2. The summed E-state index contributed by atoms with van der Waals surface area (Å²) in [5, 5.41) is 11.3. The molecular weight excluding hydrogens is 172 g/mol. The molecule has 0 saturated heterocycles. The van der Waals surface area contributed by atoms with Crippen LogP contribution >= 0.6 is 0 Å². The van der Waals surface area contributed by atoms with Gasteiger partial charge in [-0.15, -0.1) is 0 Å². The fourth-order valence-corrected chi connectivity index (χ4v) is 0.798. The summed E-state index contributed by atoms with van der Waals surface area (Å²) in [6, 6.07) is 0. The van der Waals surface area contributed by atoms with Crippen LogP contribution in [-0.2, 0) is 9.59 Å². The molecular formula is C8H16N2O3. The molecule has 0 aliphatic heterocycles. The lowest BCUT2D eigenvalue weighted by Crippen LogP contribution is -2.38. The SMILES string of the molecule is CCCNCC(=O)N(C)CC(=O)O. The number of hydrogen-bond donors (Lipinski definition) is 2. The number of carboxylic acids is 1. The molecule has 0 radical (unpaired) electrons. The number of nitrogens with zero attached hydrogens (tertiary/aromatic N) is 1. The second kappa shape index (κ2) is 6.42. The van der Waals surface area contributed by atoms with Gasteiger partial charge in [0.25, 0.3) is 0 Å². The zero-order valence-electron chi connectivity index (χ0n) is 8.04. The van der Waals surface area contributed by atoms with Gasteiger partial charge in [-0.1, -0.05) is 6.92 Å². The predicted molar refractivity (Wildman–Crippen MR) is 48.4 cm³/mol. The van der Waals surface area contributed by atoms with Crippen molar-refractivity contribution < 1.29 is 14.7 Å². The number of aliphatic carboxylic acids is 1. The van der Waals surface area contributed by atoms with Crippen LogP contribution in [0.2, 0.25) is 0 Å². The Morgan fingerprint density at radius 1 is 1.46 bits per heavy atom. The smallest absolute Gasteiger partial charge is 0.323 e. The molecule has 2 N–H and O–H groups in total. The molecule has 0 spiro atoms. The first-order valence-corrected chi connectivity index (χ1v) is 4.24. The maximum Gasteiger partial charge on any atom is 0.323 e. The number of hydrogen-bond acceptors (Lipinski definition) is 3. The topological polar surface area (TPSA) is 69.6 Å². The lowest BCUT2D eigenvalue weighted by atomic mass is 10.4. The number of nitrogens with one attached hydrogen (secondary N) is 1. The quantitative estimate of drug-likeness (QED) is 0.553. The Hall–Kier alpha value is -1.10. The zero-order chi connectivity index (χ0) is 10.3. The third-order valence-corrected chi connectivity index (χ3v) is 1.50. The first-order valence-electron chi connectivity index (χ1n) is 4.24. The van der Waals surface area contributed by atoms with Crippen LogP contribution in [0, 0.1) is 0 Å². The summed E-state index contributed by atoms with van der Waals surface area (Å²) < 4.78 is 0. The molecule has 0 aromatic rings. The first-order chi connectivity index (χ1) is 6.07. The molecule has 0 bridgehead atoms. The van der Waals surface area contributed by atoms with Gasteiger partial charge in [0.05, 0.1) is 6.54 Å². The van der Waals surface area contributed by atoms with Crippen LogP contribution in [0.1, 0.15) is 13.3 Å². The van der Waals surface area contributed by atoms with Crippen LogP contribution in [0.25, 0.3) is 0 Å². The van der Waals surface area contributed by atoms with Crippen LogP contribution < -0.4 is 5.32 Å². The summed E-state index contributed by atoms with van der Waals surface area (Å²) in [5.41, 5.74) is 0. The van der Waals surface area contributed by atoms with E-state index >= 15 is 0 Å². The van der Waals surface area contributed by atoms with Crippen molar-refractivity contribution in [1.29, 1.82) is 0 Å². The molecule has 0 aliphatic rings. The predicted octanol–water partition coefficient (Wildman–Crippen LogP) is -0.471. The molecule has 0 rings (SSSR count). The van der Waals surface area contributed by atoms with Gasteiger partial charge in [0, 0.05) is 7.05 Å². The van der Waals surface area contributed by atoms with Gasteiger partial charge in [-0.3, -0.25) is 9.59 Å². The normalized spacial score (nSPS) is 9.69. The fraction of sp³-hybridized carbons (Fsp3) is 0.750. The van der Waals surface area contributed by atoms with Crippen molar-refractivity contribution >= 4 is 11.9 Å². The van der Waals surface area contributed by atoms with E-state index < -0.39 is 5.97 Å². The number of rotatable bonds is 6. The van der Waals surface area contributed by atoms with Gasteiger partial charge in [-0.05, 0) is 13.0 Å². The van der Waals surface area contributed by atoms with E-state index in [4.69, 9.17) is 5.11 Å². The van der Waals surface area contributed by atoms with Crippen LogP contribution in [0.15, 0.2) is 0 Å². The van der Waals surface area contributed by atoms with Crippen LogP contribution in [0.3, 0.4) is 0 Å². The van der Waals surface area contributed by atoms with Gasteiger partial charge in [-0.2, -0.15) is 0 Å². The Morgan fingerprint density at radius 3 is 2.54 bits per heavy atom. The summed E-state index contributed by atoms with van der Waals surface area (Å²) in [5.74, 6) is -1.19. The first kappa shape index (κ1) is 11.9. The Labute approximate surface area is 77.7 Å². The third-order valence-electron chi connectivity index (χ3n) is 1.50. The second-order valence-electron chi connectivity index (χ2n) is 2.82. The number of carboxylic acid groups (broad SMARTS) is 1. The van der Waals surface area contributed by atoms with E-state index in [2.05, 4.69) is 5.32 Å². The van der Waals surface area contributed by atoms with Crippen LogP contribution in [0.4, 0.5) is 0 Å². The van der Waals surface area contributed by atoms with Crippen molar-refractivity contribution in [3.8, 4) is 0 Å². The van der Waals surface area contributed by atoms with Gasteiger partial charge in [-0.25, -0.2) is 0 Å². The highest BCUT2D eigenvalue weighted by Crippen LogP contribution is 1.83. The molecule has 0 atom stereocenters. The van der Waals surface area contributed by atoms with Gasteiger partial charge < -0.3 is 15.3 Å². The Bertz CT molecular complexity index is 182. The number of carbonyl (C=O) groups excluding carboxylic acids is 1. The monoisotopic (exact) mass is 188 g/mol. The number of amides is 1. The molecule has 0 saturated carbocycles. The van der Waals surface area contributed by atoms with Crippen molar-refractivity contribution in [3.63, 3.8) is 0 Å². The molecule has 13 heavy (non-hydrogen) atoms. The molecule has 76 valence electrons. The summed E-state index contributed by atoms with van der Waals surface area (Å²) >= 11 is 0. The Balaban J connectivity index is 3.63. The van der Waals surface area contributed by atoms with Crippen molar-refractivity contribution in [2.45, 2.75) is 13.3 Å². The third kappa shape index (κ3) is 6.10. The zero-order valence-corrected chi connectivity index (χ0v) is 8.04. The Morgan fingerprint density at radius 2 is 2.08 bits per heavy atom. The van der Waals surface area contributed by atoms with Crippen molar-refractivity contribution in [2.24, 2.45) is 0 Å². The summed E-state index contributed by atoms with van der Waals surface area (Å²) in [6.07, 6.45) is 0.954. The van der Waals surface area contributed by atoms with Crippen molar-refractivity contribution in [2.75, 3.05) is 26.7 Å². The molecule has 0 aromatic carbocycles. The van der Waals surface area contributed by atoms with Crippen molar-refractivity contribution in [1.82, 2.24) is 10.2 Å². The average molecular weight is 188 g/mol. The van der Waals surface area contributed by atoms with E-state index in [0.29, 0.717) is 0 Å². The van der Waals surface area contributed by atoms with Crippen molar-refractivity contribution in [3.05, 3.63) is 0 Å². The molecule has 5 heteroatoms. The summed E-state index contributed by atoms with van der Waals surface area (Å²) in [4.78, 5) is 22.6. The molecule has 5 nitrogen and oxygen atoms in total. The molecule has 0 unspecified atom stereocenters. The maximum absolute atomic E-state index is 11.2. The van der Waals surface area contributed by atoms with E-state index in [-0.39, 0.29) is 19.0 Å². The minimum atomic E-state index is -0.994. The molecule has 0 heterocycles. The van der Waals surface area contributed by atoms with E-state index in [0.717, 1.165) is 13.0 Å². The molecule has 1 amide bonds. The van der Waals surface area contributed by atoms with Gasteiger partial charge in [0.2, 0.25) is 5.91 Å². The molecule has 0 aliphatic carbocycles. The van der Waals surface area contributed by atoms with E-state index in [1.54, 1.807) is 0 Å². The highest BCUT2D eigenvalue weighted by Gasteiger charge is 2.10. The van der Waals surface area contributed by atoms with Crippen LogP contribution in [-0.4, -0.2) is 48.6 Å². The lowest BCUT2D eigenvalue weighted by molar-refractivity contribution is -0.143. The number of likely N-dealkylation sites (N-methyl/N-ethyl adjacent to an activating group) is 1. The van der Waals surface area contributed by atoms with E-state index in [9.17, 15) is 9.59 Å². The van der Waals surface area contributed by atoms with E-state index in [1.165, 1.54) is 11.9 Å². The lowest BCUT2D eigenvalue weighted by Gasteiger charge is -2.14. The highest BCUT2D eigenvalue weighted by molar-refractivity contribution is 5.82. The minimum absolute atomic E-state index is 0.198. The second-order valence-corrected chi connectivity index (χ2v) is 2.82. The fourth-order valence-electron chi connectivity index (χ4n) is 0.798. The average Bonchev–Trinajstić information content (AvgIpc) is 2.03. The Kier molecular flexibility index (Phi) is 5.88. The summed E-state index contributed by atoms with van der Waals surface area (Å²) in [6.45, 7) is 2.73. The van der Waals surface area contributed by atoms with Gasteiger partial charge in [0.1, 0.15) is 6.54 Å². The van der Waals surface area contributed by atoms with Gasteiger partial charge in [0.15, 0.2) is 0 Å².